The molecule has 1 aromatic carbocycles. The molecule has 3 N–H and O–H groups in total. The Hall–Kier alpha value is -2.93. The summed E-state index contributed by atoms with van der Waals surface area (Å²) in [5, 5.41) is 6.37. The second-order valence-electron chi connectivity index (χ2n) is 4.90. The van der Waals surface area contributed by atoms with Gasteiger partial charge in [0.2, 0.25) is 5.91 Å². The number of nitrogens with one attached hydrogen (secondary N) is 1. The predicted molar refractivity (Wildman–Crippen MR) is 92.5 cm³/mol. The molecule has 2 amide bonds. The molecule has 124 valence electrons. The van der Waals surface area contributed by atoms with E-state index < -0.39 is 23.9 Å². The number of nitrogens with two attached hydrogens (primary N) is 1. The average molecular weight is 344 g/mol. The number of ether oxygens (including phenoxy) is 1. The molecule has 0 unspecified atom stereocenters. The predicted octanol–water partition coefficient (Wildman–Crippen LogP) is 2.43. The van der Waals surface area contributed by atoms with Gasteiger partial charge in [-0.15, -0.1) is 0 Å². The van der Waals surface area contributed by atoms with Gasteiger partial charge in [0.25, 0.3) is 5.91 Å². The molecule has 0 saturated carbocycles. The lowest BCUT2D eigenvalue weighted by Gasteiger charge is -2.12. The molecule has 0 aliphatic rings. The largest absolute Gasteiger partial charge is 0.449 e. The van der Waals surface area contributed by atoms with Crippen molar-refractivity contribution >= 4 is 40.9 Å². The number of benzene rings is 1. The number of esters is 1. The van der Waals surface area contributed by atoms with Gasteiger partial charge in [0.05, 0.1) is 0 Å². The smallest absolute Gasteiger partial charge is 0.331 e. The van der Waals surface area contributed by atoms with E-state index >= 15 is 0 Å². The van der Waals surface area contributed by atoms with Crippen molar-refractivity contribution in [3.05, 3.63) is 58.3 Å². The first-order valence-corrected chi connectivity index (χ1v) is 8.01. The fourth-order valence-electron chi connectivity index (χ4n) is 1.76. The zero-order valence-electron chi connectivity index (χ0n) is 12.9. The molecule has 0 spiro atoms. The summed E-state index contributed by atoms with van der Waals surface area (Å²) < 4.78 is 5.04. The van der Waals surface area contributed by atoms with Crippen molar-refractivity contribution in [2.75, 3.05) is 5.32 Å². The van der Waals surface area contributed by atoms with E-state index in [1.165, 1.54) is 36.5 Å². The van der Waals surface area contributed by atoms with Crippen molar-refractivity contribution < 1.29 is 19.1 Å². The summed E-state index contributed by atoms with van der Waals surface area (Å²) >= 11 is 1.52. The number of hydrogen-bond acceptors (Lipinski definition) is 5. The number of carbonyl (C=O) groups is 3. The Morgan fingerprint density at radius 1 is 1.21 bits per heavy atom. The minimum atomic E-state index is -0.958. The maximum atomic E-state index is 12.0. The first-order valence-electron chi connectivity index (χ1n) is 7.07. The molecule has 6 nitrogen and oxygen atoms in total. The number of hydrogen-bond donors (Lipinski definition) is 2. The van der Waals surface area contributed by atoms with Gasteiger partial charge < -0.3 is 15.8 Å². The maximum absolute atomic E-state index is 12.0. The summed E-state index contributed by atoms with van der Waals surface area (Å²) in [6.45, 7) is 1.48. The van der Waals surface area contributed by atoms with Crippen LogP contribution in [0.25, 0.3) is 6.08 Å². The zero-order chi connectivity index (χ0) is 17.5. The molecule has 1 aromatic heterocycles. The Bertz CT molecular complexity index is 751. The molecule has 0 aliphatic carbocycles. The number of rotatable bonds is 6. The Labute approximate surface area is 142 Å². The van der Waals surface area contributed by atoms with Gasteiger partial charge in [0.1, 0.15) is 0 Å². The molecule has 1 atom stereocenters. The van der Waals surface area contributed by atoms with E-state index in [-0.39, 0.29) is 0 Å². The van der Waals surface area contributed by atoms with Crippen molar-refractivity contribution in [3.8, 4) is 0 Å². The van der Waals surface area contributed by atoms with Crippen molar-refractivity contribution in [1.29, 1.82) is 0 Å². The van der Waals surface area contributed by atoms with Crippen molar-refractivity contribution in [3.63, 3.8) is 0 Å². The van der Waals surface area contributed by atoms with Gasteiger partial charge in [-0.2, -0.15) is 11.3 Å². The first kappa shape index (κ1) is 17.4. The van der Waals surface area contributed by atoms with Crippen LogP contribution in [-0.2, 0) is 14.3 Å². The lowest BCUT2D eigenvalue weighted by Crippen LogP contribution is -2.29. The van der Waals surface area contributed by atoms with Crippen LogP contribution in [0, 0.1) is 0 Å². The third-order valence-electron chi connectivity index (χ3n) is 3.05. The van der Waals surface area contributed by atoms with Crippen LogP contribution in [0.1, 0.15) is 22.8 Å². The van der Waals surface area contributed by atoms with Crippen LogP contribution in [0.2, 0.25) is 0 Å². The highest BCUT2D eigenvalue weighted by molar-refractivity contribution is 7.08. The summed E-state index contributed by atoms with van der Waals surface area (Å²) in [6, 6.07) is 7.95. The maximum Gasteiger partial charge on any atom is 0.331 e. The van der Waals surface area contributed by atoms with Crippen molar-refractivity contribution in [1.82, 2.24) is 0 Å². The Balaban J connectivity index is 1.87. The van der Waals surface area contributed by atoms with E-state index in [2.05, 4.69) is 5.32 Å². The molecule has 24 heavy (non-hydrogen) atoms. The van der Waals surface area contributed by atoms with Gasteiger partial charge in [0.15, 0.2) is 6.10 Å². The number of primary amides is 1. The number of carbonyl (C=O) groups excluding carboxylic acids is 3. The van der Waals surface area contributed by atoms with Gasteiger partial charge >= 0.3 is 5.97 Å². The van der Waals surface area contributed by atoms with Crippen LogP contribution in [0.3, 0.4) is 0 Å². The Morgan fingerprint density at radius 3 is 2.50 bits per heavy atom. The number of anilines is 1. The molecule has 1 heterocycles. The number of amides is 2. The normalized spacial score (nSPS) is 11.9. The van der Waals surface area contributed by atoms with E-state index in [1.54, 1.807) is 18.2 Å². The molecule has 0 fully saturated rings. The van der Waals surface area contributed by atoms with E-state index in [4.69, 9.17) is 10.5 Å². The van der Waals surface area contributed by atoms with Gasteiger partial charge in [-0.1, -0.05) is 0 Å². The molecule has 7 heteroatoms. The third-order valence-corrected chi connectivity index (χ3v) is 3.76. The first-order chi connectivity index (χ1) is 11.5. The summed E-state index contributed by atoms with van der Waals surface area (Å²) in [5.74, 6) is -1.63. The van der Waals surface area contributed by atoms with Crippen LogP contribution in [0.4, 0.5) is 5.69 Å². The van der Waals surface area contributed by atoms with E-state index in [9.17, 15) is 14.4 Å². The van der Waals surface area contributed by atoms with Crippen LogP contribution in [0.5, 0.6) is 0 Å². The molecule has 2 rings (SSSR count). The van der Waals surface area contributed by atoms with Gasteiger partial charge in [-0.05, 0) is 59.7 Å². The highest BCUT2D eigenvalue weighted by Gasteiger charge is 2.16. The lowest BCUT2D eigenvalue weighted by atomic mass is 10.2. The molecular weight excluding hydrogens is 328 g/mol. The van der Waals surface area contributed by atoms with Gasteiger partial charge in [-0.25, -0.2) is 4.79 Å². The molecular formula is C17H16N2O4S. The quantitative estimate of drug-likeness (QED) is 0.621. The van der Waals surface area contributed by atoms with Crippen molar-refractivity contribution in [2.24, 2.45) is 5.73 Å². The fourth-order valence-corrected chi connectivity index (χ4v) is 2.39. The number of thiophene rings is 1. The highest BCUT2D eigenvalue weighted by Crippen LogP contribution is 2.11. The summed E-state index contributed by atoms with van der Waals surface area (Å²) in [6.07, 6.45) is 1.93. The average Bonchev–Trinajstić information content (AvgIpc) is 3.06. The Morgan fingerprint density at radius 2 is 1.92 bits per heavy atom. The van der Waals surface area contributed by atoms with Crippen LogP contribution in [0.15, 0.2) is 47.2 Å². The van der Waals surface area contributed by atoms with Crippen LogP contribution < -0.4 is 11.1 Å². The van der Waals surface area contributed by atoms with Crippen molar-refractivity contribution in [2.45, 2.75) is 13.0 Å². The lowest BCUT2D eigenvalue weighted by molar-refractivity contribution is -0.148. The molecule has 0 radical (unpaired) electrons. The molecule has 0 aliphatic heterocycles. The van der Waals surface area contributed by atoms with Gasteiger partial charge in [0, 0.05) is 17.3 Å². The molecule has 2 aromatic rings. The third kappa shape index (κ3) is 5.06. The second-order valence-corrected chi connectivity index (χ2v) is 5.68. The monoisotopic (exact) mass is 344 g/mol. The second kappa shape index (κ2) is 8.07. The highest BCUT2D eigenvalue weighted by atomic mass is 32.1. The topological polar surface area (TPSA) is 98.5 Å². The van der Waals surface area contributed by atoms with E-state index in [0.29, 0.717) is 11.3 Å². The molecule has 0 saturated heterocycles. The summed E-state index contributed by atoms with van der Waals surface area (Å²) in [7, 11) is 0. The SMILES string of the molecule is C[C@H](OC(=O)/C=C/c1ccsc1)C(=O)Nc1ccc(C(N)=O)cc1. The zero-order valence-corrected chi connectivity index (χ0v) is 13.7. The van der Waals surface area contributed by atoms with Crippen LogP contribution >= 0.6 is 11.3 Å². The van der Waals surface area contributed by atoms with E-state index in [1.807, 2.05) is 16.8 Å². The van der Waals surface area contributed by atoms with Crippen LogP contribution in [-0.4, -0.2) is 23.9 Å². The van der Waals surface area contributed by atoms with Gasteiger partial charge in [-0.3, -0.25) is 9.59 Å². The minimum Gasteiger partial charge on any atom is -0.449 e. The van der Waals surface area contributed by atoms with E-state index in [0.717, 1.165) is 5.56 Å². The summed E-state index contributed by atoms with van der Waals surface area (Å²) in [5.41, 5.74) is 6.85. The summed E-state index contributed by atoms with van der Waals surface area (Å²) in [4.78, 5) is 34.7. The Kier molecular flexibility index (Phi) is 5.86. The molecule has 0 bridgehead atoms. The fraction of sp³-hybridized carbons (Fsp3) is 0.118. The minimum absolute atomic E-state index is 0.339. The standard InChI is InChI=1S/C17H16N2O4S/c1-11(23-15(20)7-2-12-8-9-24-10-12)17(22)19-14-5-3-13(4-6-14)16(18)21/h2-11H,1H3,(H2,18,21)(H,19,22)/b7-2+/t11-/m0/s1.